The van der Waals surface area contributed by atoms with E-state index in [-0.39, 0.29) is 11.6 Å². The van der Waals surface area contributed by atoms with Crippen LogP contribution in [0.25, 0.3) is 0 Å². The molecule has 9 nitrogen and oxygen atoms in total. The van der Waals surface area contributed by atoms with Gasteiger partial charge in [-0.25, -0.2) is 9.78 Å². The van der Waals surface area contributed by atoms with E-state index in [4.69, 9.17) is 9.72 Å². The van der Waals surface area contributed by atoms with Crippen molar-refractivity contribution in [1.29, 1.82) is 0 Å². The molecule has 9 heteroatoms. The van der Waals surface area contributed by atoms with Crippen molar-refractivity contribution in [1.82, 2.24) is 19.4 Å². The lowest BCUT2D eigenvalue weighted by atomic mass is 10.0. The van der Waals surface area contributed by atoms with Gasteiger partial charge in [0.1, 0.15) is 11.5 Å². The van der Waals surface area contributed by atoms with E-state index in [2.05, 4.69) is 4.99 Å². The highest BCUT2D eigenvalue weighted by atomic mass is 16.5. The summed E-state index contributed by atoms with van der Waals surface area (Å²) in [5.41, 5.74) is 3.77. The maximum atomic E-state index is 12.5. The van der Waals surface area contributed by atoms with Gasteiger partial charge in [-0.15, -0.1) is 0 Å². The molecule has 1 fully saturated rings. The van der Waals surface area contributed by atoms with E-state index in [9.17, 15) is 14.7 Å². The van der Waals surface area contributed by atoms with Crippen LogP contribution >= 0.6 is 0 Å². The van der Waals surface area contributed by atoms with E-state index in [1.54, 1.807) is 19.2 Å². The third-order valence-corrected chi connectivity index (χ3v) is 5.70. The monoisotopic (exact) mass is 447 g/mol. The van der Waals surface area contributed by atoms with Crippen molar-refractivity contribution in [2.45, 2.75) is 12.8 Å². The number of rotatable bonds is 6. The van der Waals surface area contributed by atoms with Crippen molar-refractivity contribution >= 4 is 23.7 Å². The molecule has 4 rings (SSSR count). The number of hydrogen-bond donors (Lipinski definition) is 1. The van der Waals surface area contributed by atoms with Gasteiger partial charge in [0.2, 0.25) is 11.8 Å². The van der Waals surface area contributed by atoms with E-state index in [1.165, 1.54) is 19.0 Å². The molecular formula is C24H25N5O4. The Morgan fingerprint density at radius 3 is 2.09 bits per heavy atom. The third-order valence-electron chi connectivity index (χ3n) is 5.70. The van der Waals surface area contributed by atoms with Gasteiger partial charge >= 0.3 is 6.03 Å². The predicted molar refractivity (Wildman–Crippen MR) is 123 cm³/mol. The smallest absolute Gasteiger partial charge is 0.332 e. The zero-order valence-electron chi connectivity index (χ0n) is 18.9. The largest absolute Gasteiger partial charge is 0.508 e. The average molecular weight is 447 g/mol. The quantitative estimate of drug-likeness (QED) is 0.586. The van der Waals surface area contributed by atoms with Crippen LogP contribution in [0.15, 0.2) is 53.5 Å². The number of benzene rings is 2. The summed E-state index contributed by atoms with van der Waals surface area (Å²) < 4.78 is 7.08. The number of amidine groups is 1. The molecule has 1 aliphatic heterocycles. The second kappa shape index (κ2) is 8.78. The number of ether oxygens (including phenoxy) is 1. The first-order valence-corrected chi connectivity index (χ1v) is 10.4. The highest BCUT2D eigenvalue weighted by Crippen LogP contribution is 2.25. The van der Waals surface area contributed by atoms with E-state index in [0.717, 1.165) is 33.2 Å². The number of imide groups is 1. The highest BCUT2D eigenvalue weighted by molar-refractivity contribution is 6.47. The van der Waals surface area contributed by atoms with Gasteiger partial charge in [-0.2, -0.15) is 4.99 Å². The molecule has 0 unspecified atom stereocenters. The second-order valence-corrected chi connectivity index (χ2v) is 7.87. The molecule has 0 aliphatic carbocycles. The molecule has 2 heterocycles. The Morgan fingerprint density at radius 2 is 1.52 bits per heavy atom. The lowest BCUT2D eigenvalue weighted by Gasteiger charge is -2.08. The number of likely N-dealkylation sites (N-methyl/N-ethyl adjacent to an activating group) is 2. The zero-order valence-corrected chi connectivity index (χ0v) is 18.9. The molecule has 3 amide bonds. The van der Waals surface area contributed by atoms with Crippen LogP contribution < -0.4 is 4.74 Å². The fourth-order valence-corrected chi connectivity index (χ4v) is 3.69. The number of imidazole rings is 1. The number of hydrogen-bond acceptors (Lipinski definition) is 6. The second-order valence-electron chi connectivity index (χ2n) is 7.87. The molecule has 1 saturated heterocycles. The Labute approximate surface area is 191 Å². The van der Waals surface area contributed by atoms with Crippen LogP contribution in [0.5, 0.6) is 11.5 Å². The molecular weight excluding hydrogens is 422 g/mol. The first-order chi connectivity index (χ1) is 15.8. The number of phenolic OH excluding ortho intramolecular Hbond substituents is 1. The first-order valence-electron chi connectivity index (χ1n) is 10.4. The Hall–Kier alpha value is -4.14. The number of amides is 3. The zero-order chi connectivity index (χ0) is 23.7. The number of nitrogens with zero attached hydrogens (tertiary/aromatic N) is 5. The lowest BCUT2D eigenvalue weighted by Crippen LogP contribution is -2.27. The number of carbonyl (C=O) groups excluding carboxylic acids is 2. The van der Waals surface area contributed by atoms with E-state index in [0.29, 0.717) is 18.8 Å². The Kier molecular flexibility index (Phi) is 5.87. The normalized spacial score (nSPS) is 15.1. The molecule has 2 aromatic carbocycles. The Bertz CT molecular complexity index is 1230. The standard InChI is InChI=1S/C24H25N5O4/c1-27-20(14-16-5-9-17(30)10-6-16)19(13-15-7-11-18(33-4)12-8-15)25-23(27)26-21-22(31)29(3)24(32)28(21)2/h5-12,30H,13-14H2,1-4H3. The summed E-state index contributed by atoms with van der Waals surface area (Å²) >= 11 is 0. The minimum atomic E-state index is -0.470. The number of urea groups is 1. The third kappa shape index (κ3) is 4.30. The van der Waals surface area contributed by atoms with Crippen LogP contribution in [0.3, 0.4) is 0 Å². The van der Waals surface area contributed by atoms with E-state index < -0.39 is 11.9 Å². The minimum Gasteiger partial charge on any atom is -0.508 e. The fraction of sp³-hybridized carbons (Fsp3) is 0.250. The Balaban J connectivity index is 1.74. The van der Waals surface area contributed by atoms with Gasteiger partial charge in [-0.1, -0.05) is 24.3 Å². The summed E-state index contributed by atoms with van der Waals surface area (Å²) in [5.74, 6) is 0.870. The van der Waals surface area contributed by atoms with Crippen molar-refractivity contribution in [3.63, 3.8) is 0 Å². The number of aromatic nitrogens is 2. The molecule has 0 spiro atoms. The number of aliphatic imine (C=N–C) groups is 1. The van der Waals surface area contributed by atoms with Crippen LogP contribution in [-0.4, -0.2) is 63.4 Å². The summed E-state index contributed by atoms with van der Waals surface area (Å²) in [6.45, 7) is 0. The average Bonchev–Trinajstić information content (AvgIpc) is 3.20. The lowest BCUT2D eigenvalue weighted by molar-refractivity contribution is -0.119. The maximum absolute atomic E-state index is 12.5. The SMILES string of the molecule is COc1ccc(Cc2nc(N=C3C(=O)N(C)C(=O)N3C)n(C)c2Cc2ccc(O)cc2)cc1. The van der Waals surface area contributed by atoms with E-state index in [1.807, 2.05) is 48.0 Å². The molecule has 1 aliphatic rings. The number of aromatic hydroxyl groups is 1. The van der Waals surface area contributed by atoms with Crippen LogP contribution in [0, 0.1) is 0 Å². The molecule has 1 aromatic heterocycles. The van der Waals surface area contributed by atoms with Crippen molar-refractivity contribution in [3.05, 3.63) is 71.0 Å². The molecule has 3 aromatic rings. The van der Waals surface area contributed by atoms with Gasteiger partial charge in [0.05, 0.1) is 12.8 Å². The van der Waals surface area contributed by atoms with Gasteiger partial charge in [-0.05, 0) is 35.4 Å². The summed E-state index contributed by atoms with van der Waals surface area (Å²) in [6, 6.07) is 14.3. The first kappa shape index (κ1) is 22.1. The molecule has 0 saturated carbocycles. The predicted octanol–water partition coefficient (Wildman–Crippen LogP) is 2.87. The van der Waals surface area contributed by atoms with Crippen LogP contribution in [0.1, 0.15) is 22.5 Å². The molecule has 0 radical (unpaired) electrons. The summed E-state index contributed by atoms with van der Waals surface area (Å²) in [7, 11) is 6.40. The van der Waals surface area contributed by atoms with Crippen LogP contribution in [0.4, 0.5) is 10.7 Å². The van der Waals surface area contributed by atoms with Crippen molar-refractivity contribution in [2.75, 3.05) is 21.2 Å². The summed E-state index contributed by atoms with van der Waals surface area (Å²) in [5, 5.41) is 9.61. The maximum Gasteiger partial charge on any atom is 0.332 e. The number of carbonyl (C=O) groups is 2. The fourth-order valence-electron chi connectivity index (χ4n) is 3.69. The van der Waals surface area contributed by atoms with Gasteiger partial charge in [0.25, 0.3) is 5.91 Å². The van der Waals surface area contributed by atoms with Crippen molar-refractivity contribution < 1.29 is 19.4 Å². The molecule has 0 bridgehead atoms. The van der Waals surface area contributed by atoms with Crippen LogP contribution in [0.2, 0.25) is 0 Å². The van der Waals surface area contributed by atoms with Crippen LogP contribution in [-0.2, 0) is 24.7 Å². The molecule has 0 atom stereocenters. The number of phenols is 1. The van der Waals surface area contributed by atoms with Gasteiger partial charge in [0.15, 0.2) is 0 Å². The van der Waals surface area contributed by atoms with Crippen molar-refractivity contribution in [2.24, 2.45) is 12.0 Å². The molecule has 170 valence electrons. The summed E-state index contributed by atoms with van der Waals surface area (Å²) in [6.07, 6.45) is 1.11. The van der Waals surface area contributed by atoms with Gasteiger partial charge in [0, 0.05) is 39.7 Å². The minimum absolute atomic E-state index is 0.0304. The molecule has 1 N–H and O–H groups in total. The molecule has 33 heavy (non-hydrogen) atoms. The van der Waals surface area contributed by atoms with E-state index >= 15 is 0 Å². The van der Waals surface area contributed by atoms with Gasteiger partial charge < -0.3 is 14.4 Å². The van der Waals surface area contributed by atoms with Gasteiger partial charge in [-0.3, -0.25) is 14.6 Å². The summed E-state index contributed by atoms with van der Waals surface area (Å²) in [4.78, 5) is 36.0. The Morgan fingerprint density at radius 1 is 0.909 bits per heavy atom. The number of methoxy groups -OCH3 is 1. The highest BCUT2D eigenvalue weighted by Gasteiger charge is 2.38. The van der Waals surface area contributed by atoms with Crippen molar-refractivity contribution in [3.8, 4) is 11.5 Å². The topological polar surface area (TPSA) is 100 Å².